The monoisotopic (exact) mass is 309 g/mol. The molecule has 1 heterocycles. The minimum Gasteiger partial charge on any atom is -0.294 e. The van der Waals surface area contributed by atoms with E-state index in [1.165, 1.54) is 4.88 Å². The maximum atomic E-state index is 12.0. The lowest BCUT2D eigenvalue weighted by molar-refractivity contribution is 0.0993. The normalized spacial score (nSPS) is 10.5. The molecule has 0 bridgehead atoms. The molecule has 0 saturated carbocycles. The van der Waals surface area contributed by atoms with Gasteiger partial charge < -0.3 is 0 Å². The van der Waals surface area contributed by atoms with Gasteiger partial charge in [0.15, 0.2) is 5.78 Å². The second-order valence-electron chi connectivity index (χ2n) is 3.86. The van der Waals surface area contributed by atoms with Crippen LogP contribution in [-0.4, -0.2) is 10.8 Å². The van der Waals surface area contributed by atoms with Crippen LogP contribution in [0.3, 0.4) is 0 Å². The van der Waals surface area contributed by atoms with Gasteiger partial charge in [-0.05, 0) is 26.0 Å². The van der Waals surface area contributed by atoms with Gasteiger partial charge in [-0.3, -0.25) is 4.79 Å². The molecule has 2 aromatic rings. The average Bonchev–Trinajstić information content (AvgIpc) is 2.58. The summed E-state index contributed by atoms with van der Waals surface area (Å²) >= 11 is 4.95. The molecule has 0 fully saturated rings. The fourth-order valence-corrected chi connectivity index (χ4v) is 2.69. The first-order chi connectivity index (χ1) is 8.06. The molecule has 2 rings (SSSR count). The molecule has 88 valence electrons. The molecule has 0 aliphatic rings. The van der Waals surface area contributed by atoms with Crippen LogP contribution in [-0.2, 0) is 6.42 Å². The van der Waals surface area contributed by atoms with Crippen molar-refractivity contribution in [2.24, 2.45) is 0 Å². The highest BCUT2D eigenvalue weighted by atomic mass is 79.9. The molecule has 0 radical (unpaired) electrons. The molecule has 0 aliphatic carbocycles. The molecule has 0 saturated heterocycles. The SMILES string of the molecule is Cc1nc(CC(=O)c2ccc(Br)cc2)sc1C. The van der Waals surface area contributed by atoms with Crippen molar-refractivity contribution in [3.05, 3.63) is 49.9 Å². The van der Waals surface area contributed by atoms with Crippen molar-refractivity contribution in [1.82, 2.24) is 4.98 Å². The summed E-state index contributed by atoms with van der Waals surface area (Å²) in [5.74, 6) is 0.117. The van der Waals surface area contributed by atoms with Crippen molar-refractivity contribution >= 4 is 33.0 Å². The van der Waals surface area contributed by atoms with Crippen LogP contribution in [0.1, 0.15) is 25.9 Å². The lowest BCUT2D eigenvalue weighted by Gasteiger charge is -1.98. The van der Waals surface area contributed by atoms with Gasteiger partial charge in [0.2, 0.25) is 0 Å². The Morgan fingerprint density at radius 3 is 2.47 bits per heavy atom. The minimum absolute atomic E-state index is 0.117. The average molecular weight is 310 g/mol. The second kappa shape index (κ2) is 5.10. The molecule has 0 N–H and O–H groups in total. The third-order valence-electron chi connectivity index (χ3n) is 2.55. The number of carbonyl (C=O) groups is 1. The Labute approximate surface area is 113 Å². The second-order valence-corrected chi connectivity index (χ2v) is 6.06. The van der Waals surface area contributed by atoms with Crippen molar-refractivity contribution in [2.45, 2.75) is 20.3 Å². The van der Waals surface area contributed by atoms with Crippen LogP contribution in [0.25, 0.3) is 0 Å². The van der Waals surface area contributed by atoms with Crippen LogP contribution in [0.15, 0.2) is 28.7 Å². The van der Waals surface area contributed by atoms with Crippen LogP contribution in [0, 0.1) is 13.8 Å². The summed E-state index contributed by atoms with van der Waals surface area (Å²) in [5.41, 5.74) is 1.76. The van der Waals surface area contributed by atoms with Crippen molar-refractivity contribution in [2.75, 3.05) is 0 Å². The number of hydrogen-bond acceptors (Lipinski definition) is 3. The van der Waals surface area contributed by atoms with Crippen LogP contribution in [0.4, 0.5) is 0 Å². The molecule has 0 spiro atoms. The van der Waals surface area contributed by atoms with E-state index in [2.05, 4.69) is 20.9 Å². The predicted octanol–water partition coefficient (Wildman–Crippen LogP) is 3.95. The van der Waals surface area contributed by atoms with Gasteiger partial charge in [-0.15, -0.1) is 11.3 Å². The van der Waals surface area contributed by atoms with Gasteiger partial charge >= 0.3 is 0 Å². The molecular formula is C13H12BrNOS. The summed E-state index contributed by atoms with van der Waals surface area (Å²) < 4.78 is 0.981. The topological polar surface area (TPSA) is 30.0 Å². The fourth-order valence-electron chi connectivity index (χ4n) is 1.49. The van der Waals surface area contributed by atoms with E-state index < -0.39 is 0 Å². The predicted molar refractivity (Wildman–Crippen MR) is 73.8 cm³/mol. The fraction of sp³-hybridized carbons (Fsp3) is 0.231. The number of nitrogens with zero attached hydrogens (tertiary/aromatic N) is 1. The zero-order valence-electron chi connectivity index (χ0n) is 9.66. The van der Waals surface area contributed by atoms with Gasteiger partial charge in [0.1, 0.15) is 5.01 Å². The van der Waals surface area contributed by atoms with E-state index in [1.54, 1.807) is 11.3 Å². The standard InChI is InChI=1S/C13H12BrNOS/c1-8-9(2)17-13(15-8)7-12(16)10-3-5-11(14)6-4-10/h3-6H,7H2,1-2H3. The van der Waals surface area contributed by atoms with E-state index in [9.17, 15) is 4.79 Å². The van der Waals surface area contributed by atoms with Crippen molar-refractivity contribution < 1.29 is 4.79 Å². The summed E-state index contributed by atoms with van der Waals surface area (Å²) in [6.45, 7) is 4.00. The molecule has 4 heteroatoms. The summed E-state index contributed by atoms with van der Waals surface area (Å²) in [7, 11) is 0. The highest BCUT2D eigenvalue weighted by molar-refractivity contribution is 9.10. The molecule has 17 heavy (non-hydrogen) atoms. The molecule has 0 amide bonds. The first kappa shape index (κ1) is 12.5. The summed E-state index contributed by atoms with van der Waals surface area (Å²) in [6.07, 6.45) is 0.390. The smallest absolute Gasteiger partial charge is 0.169 e. The van der Waals surface area contributed by atoms with E-state index in [0.29, 0.717) is 6.42 Å². The van der Waals surface area contributed by atoms with E-state index in [0.717, 1.165) is 20.7 Å². The zero-order chi connectivity index (χ0) is 12.4. The third kappa shape index (κ3) is 3.01. The van der Waals surface area contributed by atoms with Gasteiger partial charge in [0.25, 0.3) is 0 Å². The number of thiazole rings is 1. The van der Waals surface area contributed by atoms with E-state index in [1.807, 2.05) is 38.1 Å². The molecule has 1 aromatic carbocycles. The van der Waals surface area contributed by atoms with Crippen LogP contribution < -0.4 is 0 Å². The van der Waals surface area contributed by atoms with Crippen molar-refractivity contribution in [3.63, 3.8) is 0 Å². The summed E-state index contributed by atoms with van der Waals surface area (Å²) in [4.78, 5) is 17.6. The van der Waals surface area contributed by atoms with Crippen LogP contribution >= 0.6 is 27.3 Å². The van der Waals surface area contributed by atoms with E-state index in [-0.39, 0.29) is 5.78 Å². The Hall–Kier alpha value is -1.00. The number of rotatable bonds is 3. The van der Waals surface area contributed by atoms with Gasteiger partial charge in [-0.2, -0.15) is 0 Å². The third-order valence-corrected chi connectivity index (χ3v) is 4.15. The zero-order valence-corrected chi connectivity index (χ0v) is 12.1. The summed E-state index contributed by atoms with van der Waals surface area (Å²) in [6, 6.07) is 7.43. The Bertz CT molecular complexity index is 526. The Morgan fingerprint density at radius 2 is 1.94 bits per heavy atom. The quantitative estimate of drug-likeness (QED) is 0.804. The number of carbonyl (C=O) groups excluding carboxylic acids is 1. The largest absolute Gasteiger partial charge is 0.294 e. The molecule has 1 aromatic heterocycles. The highest BCUT2D eigenvalue weighted by Crippen LogP contribution is 2.19. The number of benzene rings is 1. The maximum absolute atomic E-state index is 12.0. The summed E-state index contributed by atoms with van der Waals surface area (Å²) in [5, 5.41) is 0.896. The first-order valence-electron chi connectivity index (χ1n) is 5.28. The number of aryl methyl sites for hydroxylation is 2. The van der Waals surface area contributed by atoms with Gasteiger partial charge in [0, 0.05) is 14.9 Å². The van der Waals surface area contributed by atoms with Gasteiger partial charge in [0.05, 0.1) is 12.1 Å². The van der Waals surface area contributed by atoms with E-state index >= 15 is 0 Å². The number of ketones is 1. The molecule has 0 atom stereocenters. The number of aromatic nitrogens is 1. The Morgan fingerprint density at radius 1 is 1.29 bits per heavy atom. The minimum atomic E-state index is 0.117. The Balaban J connectivity index is 2.14. The molecule has 0 aliphatic heterocycles. The molecule has 2 nitrogen and oxygen atoms in total. The Kier molecular flexibility index (Phi) is 3.74. The van der Waals surface area contributed by atoms with Gasteiger partial charge in [-0.25, -0.2) is 4.98 Å². The lowest BCUT2D eigenvalue weighted by Crippen LogP contribution is -2.02. The van der Waals surface area contributed by atoms with E-state index in [4.69, 9.17) is 0 Å². The highest BCUT2D eigenvalue weighted by Gasteiger charge is 2.11. The number of Topliss-reactive ketones (excluding diaryl/α,β-unsaturated/α-hetero) is 1. The lowest BCUT2D eigenvalue weighted by atomic mass is 10.1. The molecule has 0 unspecified atom stereocenters. The number of halogens is 1. The maximum Gasteiger partial charge on any atom is 0.169 e. The van der Waals surface area contributed by atoms with Gasteiger partial charge in [-0.1, -0.05) is 28.1 Å². The first-order valence-corrected chi connectivity index (χ1v) is 6.89. The van der Waals surface area contributed by atoms with Crippen LogP contribution in [0.5, 0.6) is 0 Å². The van der Waals surface area contributed by atoms with Crippen molar-refractivity contribution in [1.29, 1.82) is 0 Å². The molecular weight excluding hydrogens is 298 g/mol. The number of hydrogen-bond donors (Lipinski definition) is 0. The van der Waals surface area contributed by atoms with Crippen molar-refractivity contribution in [3.8, 4) is 0 Å². The van der Waals surface area contributed by atoms with Crippen LogP contribution in [0.2, 0.25) is 0 Å².